The Morgan fingerprint density at radius 2 is 1.50 bits per heavy atom. The lowest BCUT2D eigenvalue weighted by Crippen LogP contribution is -2.42. The fourth-order valence-corrected chi connectivity index (χ4v) is 3.97. The van der Waals surface area contributed by atoms with Gasteiger partial charge in [-0.25, -0.2) is 0 Å². The summed E-state index contributed by atoms with van der Waals surface area (Å²) in [7, 11) is 0. The van der Waals surface area contributed by atoms with Crippen LogP contribution in [0.15, 0.2) is 57.5 Å². The largest absolute Gasteiger partial charge is 0.385 e. The van der Waals surface area contributed by atoms with Crippen molar-refractivity contribution in [2.45, 2.75) is 31.3 Å². The molecule has 26 heavy (non-hydrogen) atoms. The van der Waals surface area contributed by atoms with Crippen LogP contribution in [0.4, 0.5) is 0 Å². The molecule has 0 aromatic heterocycles. The average Bonchev–Trinajstić information content (AvgIpc) is 2.64. The molecule has 1 fully saturated rings. The second-order valence-electron chi connectivity index (χ2n) is 6.91. The van der Waals surface area contributed by atoms with E-state index in [1.807, 2.05) is 48.5 Å². The topological polar surface area (TPSA) is 40.5 Å². The van der Waals surface area contributed by atoms with E-state index in [0.29, 0.717) is 6.42 Å². The Hall–Kier alpha value is -1.01. The molecule has 2 aromatic rings. The van der Waals surface area contributed by atoms with Crippen LogP contribution in [-0.2, 0) is 5.60 Å². The average molecular weight is 481 g/mol. The maximum Gasteiger partial charge on any atom is 0.162 e. The zero-order valence-corrected chi connectivity index (χ0v) is 17.8. The first-order chi connectivity index (χ1) is 12.5. The first-order valence-electron chi connectivity index (χ1n) is 8.96. The van der Waals surface area contributed by atoms with Gasteiger partial charge in [0, 0.05) is 34.0 Å². The van der Waals surface area contributed by atoms with E-state index in [-0.39, 0.29) is 5.78 Å². The molecule has 0 saturated carbocycles. The summed E-state index contributed by atoms with van der Waals surface area (Å²) in [6.45, 7) is 2.62. The molecule has 0 radical (unpaired) electrons. The Labute approximate surface area is 171 Å². The predicted molar refractivity (Wildman–Crippen MR) is 111 cm³/mol. The Bertz CT molecular complexity index is 736. The number of Topliss-reactive ketones (excluding diaryl/α,β-unsaturated/α-hetero) is 1. The summed E-state index contributed by atoms with van der Waals surface area (Å²) in [5, 5.41) is 10.9. The van der Waals surface area contributed by atoms with Gasteiger partial charge in [0.1, 0.15) is 0 Å². The SMILES string of the molecule is O=C(CCCN1CCC(O)(c2ccc(Br)cc2)CC1)c1ccc(Br)cc1. The molecule has 3 rings (SSSR count). The summed E-state index contributed by atoms with van der Waals surface area (Å²) < 4.78 is 2.01. The summed E-state index contributed by atoms with van der Waals surface area (Å²) in [5.74, 6) is 0.195. The number of ketones is 1. The van der Waals surface area contributed by atoms with E-state index in [0.717, 1.165) is 59.0 Å². The van der Waals surface area contributed by atoms with Crippen molar-refractivity contribution in [1.82, 2.24) is 4.90 Å². The van der Waals surface area contributed by atoms with Crippen molar-refractivity contribution in [3.8, 4) is 0 Å². The smallest absolute Gasteiger partial charge is 0.162 e. The van der Waals surface area contributed by atoms with Crippen molar-refractivity contribution in [3.05, 3.63) is 68.6 Å². The number of rotatable bonds is 6. The van der Waals surface area contributed by atoms with Gasteiger partial charge >= 0.3 is 0 Å². The second kappa shape index (κ2) is 8.79. The van der Waals surface area contributed by atoms with Crippen LogP contribution in [-0.4, -0.2) is 35.4 Å². The summed E-state index contributed by atoms with van der Waals surface area (Å²) in [6, 6.07) is 15.5. The third-order valence-electron chi connectivity index (χ3n) is 5.11. The molecule has 2 aromatic carbocycles. The third kappa shape index (κ3) is 5.03. The maximum absolute atomic E-state index is 12.2. The molecule has 138 valence electrons. The van der Waals surface area contributed by atoms with Gasteiger partial charge in [-0.2, -0.15) is 0 Å². The highest BCUT2D eigenvalue weighted by atomic mass is 79.9. The Balaban J connectivity index is 1.44. The van der Waals surface area contributed by atoms with E-state index in [4.69, 9.17) is 0 Å². The summed E-state index contributed by atoms with van der Waals surface area (Å²) in [6.07, 6.45) is 2.88. The fourth-order valence-electron chi connectivity index (χ4n) is 3.44. The van der Waals surface area contributed by atoms with Gasteiger partial charge in [0.2, 0.25) is 0 Å². The lowest BCUT2D eigenvalue weighted by atomic mass is 9.84. The number of hydrogen-bond donors (Lipinski definition) is 1. The predicted octanol–water partition coefficient (Wildman–Crippen LogP) is 5.16. The zero-order valence-electron chi connectivity index (χ0n) is 14.6. The molecular weight excluding hydrogens is 458 g/mol. The quantitative estimate of drug-likeness (QED) is 0.580. The number of halogens is 2. The van der Waals surface area contributed by atoms with Gasteiger partial charge in [-0.05, 0) is 55.6 Å². The van der Waals surface area contributed by atoms with E-state index in [9.17, 15) is 9.90 Å². The lowest BCUT2D eigenvalue weighted by molar-refractivity contribution is -0.0260. The van der Waals surface area contributed by atoms with Crippen molar-refractivity contribution in [2.75, 3.05) is 19.6 Å². The Morgan fingerprint density at radius 1 is 0.962 bits per heavy atom. The molecule has 1 N–H and O–H groups in total. The van der Waals surface area contributed by atoms with Crippen LogP contribution in [0.2, 0.25) is 0 Å². The third-order valence-corrected chi connectivity index (χ3v) is 6.17. The van der Waals surface area contributed by atoms with Crippen molar-refractivity contribution >= 4 is 37.6 Å². The fraction of sp³-hybridized carbons (Fsp3) is 0.381. The van der Waals surface area contributed by atoms with Gasteiger partial charge in [0.25, 0.3) is 0 Å². The molecule has 1 aliphatic rings. The molecule has 1 saturated heterocycles. The highest BCUT2D eigenvalue weighted by molar-refractivity contribution is 9.10. The normalized spacial score (nSPS) is 17.2. The van der Waals surface area contributed by atoms with Gasteiger partial charge in [-0.15, -0.1) is 0 Å². The van der Waals surface area contributed by atoms with E-state index >= 15 is 0 Å². The van der Waals surface area contributed by atoms with Crippen LogP contribution < -0.4 is 0 Å². The first kappa shape index (κ1) is 19.7. The number of carbonyl (C=O) groups is 1. The van der Waals surface area contributed by atoms with Gasteiger partial charge in [0.15, 0.2) is 5.78 Å². The second-order valence-corrected chi connectivity index (χ2v) is 8.75. The van der Waals surface area contributed by atoms with E-state index in [2.05, 4.69) is 36.8 Å². The lowest BCUT2D eigenvalue weighted by Gasteiger charge is -2.38. The number of piperidine rings is 1. The minimum atomic E-state index is -0.732. The monoisotopic (exact) mass is 479 g/mol. The van der Waals surface area contributed by atoms with Crippen molar-refractivity contribution in [1.29, 1.82) is 0 Å². The van der Waals surface area contributed by atoms with Gasteiger partial charge in [0.05, 0.1) is 5.60 Å². The molecule has 0 bridgehead atoms. The van der Waals surface area contributed by atoms with Gasteiger partial charge in [-0.1, -0.05) is 56.1 Å². The Morgan fingerprint density at radius 3 is 2.08 bits per heavy atom. The minimum Gasteiger partial charge on any atom is -0.385 e. The van der Waals surface area contributed by atoms with Crippen LogP contribution in [0.3, 0.4) is 0 Å². The standard InChI is InChI=1S/C21H23Br2NO2/c22-18-7-3-16(4-8-18)20(25)2-1-13-24-14-11-21(26,12-15-24)17-5-9-19(23)10-6-17/h3-10,26H,1-2,11-15H2. The molecule has 3 nitrogen and oxygen atoms in total. The van der Waals surface area contributed by atoms with Crippen LogP contribution >= 0.6 is 31.9 Å². The van der Waals surface area contributed by atoms with E-state index in [1.165, 1.54) is 0 Å². The van der Waals surface area contributed by atoms with Crippen LogP contribution in [0.5, 0.6) is 0 Å². The van der Waals surface area contributed by atoms with E-state index < -0.39 is 5.60 Å². The molecule has 5 heteroatoms. The summed E-state index contributed by atoms with van der Waals surface area (Å²) >= 11 is 6.83. The number of carbonyl (C=O) groups excluding carboxylic acids is 1. The highest BCUT2D eigenvalue weighted by Crippen LogP contribution is 2.33. The van der Waals surface area contributed by atoms with Gasteiger partial charge in [-0.3, -0.25) is 4.79 Å². The van der Waals surface area contributed by atoms with Crippen LogP contribution in [0.1, 0.15) is 41.6 Å². The molecule has 1 heterocycles. The maximum atomic E-state index is 12.2. The molecule has 0 amide bonds. The summed E-state index contributed by atoms with van der Waals surface area (Å²) in [5.41, 5.74) is 1.03. The molecule has 0 spiro atoms. The van der Waals surface area contributed by atoms with Gasteiger partial charge < -0.3 is 10.0 Å². The number of hydrogen-bond acceptors (Lipinski definition) is 3. The molecular formula is C21H23Br2NO2. The van der Waals surface area contributed by atoms with Crippen molar-refractivity contribution in [2.24, 2.45) is 0 Å². The van der Waals surface area contributed by atoms with Crippen molar-refractivity contribution in [3.63, 3.8) is 0 Å². The molecule has 1 aliphatic heterocycles. The Kier molecular flexibility index (Phi) is 6.67. The number of aliphatic hydroxyl groups is 1. The first-order valence-corrected chi connectivity index (χ1v) is 10.5. The zero-order chi connectivity index (χ0) is 18.6. The molecule has 0 unspecified atom stereocenters. The number of benzene rings is 2. The van der Waals surface area contributed by atoms with E-state index in [1.54, 1.807) is 0 Å². The molecule has 0 atom stereocenters. The van der Waals surface area contributed by atoms with Crippen molar-refractivity contribution < 1.29 is 9.90 Å². The summed E-state index contributed by atoms with van der Waals surface area (Å²) in [4.78, 5) is 14.6. The highest BCUT2D eigenvalue weighted by Gasteiger charge is 2.33. The minimum absolute atomic E-state index is 0.195. The number of likely N-dealkylation sites (tertiary alicyclic amines) is 1. The number of nitrogens with zero attached hydrogens (tertiary/aromatic N) is 1. The van der Waals surface area contributed by atoms with Crippen LogP contribution in [0.25, 0.3) is 0 Å². The molecule has 0 aliphatic carbocycles. The van der Waals surface area contributed by atoms with Crippen LogP contribution in [0, 0.1) is 0 Å².